The van der Waals surface area contributed by atoms with Crippen LogP contribution in [0.15, 0.2) is 54.6 Å². The Morgan fingerprint density at radius 2 is 1.91 bits per heavy atom. The van der Waals surface area contributed by atoms with Crippen LogP contribution >= 0.6 is 0 Å². The van der Waals surface area contributed by atoms with Crippen molar-refractivity contribution >= 4 is 5.97 Å². The first kappa shape index (κ1) is 26.2. The highest BCUT2D eigenvalue weighted by Crippen LogP contribution is 2.37. The molecule has 0 spiro atoms. The molecule has 2 rings (SSSR count). The van der Waals surface area contributed by atoms with E-state index in [4.69, 9.17) is 4.74 Å². The van der Waals surface area contributed by atoms with Crippen LogP contribution in [-0.2, 0) is 16.0 Å². The topological polar surface area (TPSA) is 66.8 Å². The molecule has 0 amide bonds. The van der Waals surface area contributed by atoms with Crippen LogP contribution in [0.1, 0.15) is 57.9 Å². The zero-order chi connectivity index (χ0) is 23.6. The van der Waals surface area contributed by atoms with Crippen molar-refractivity contribution < 1.29 is 28.5 Å². The van der Waals surface area contributed by atoms with Gasteiger partial charge < -0.3 is 14.9 Å². The fraction of sp³-hybridized carbons (Fsp3) is 0.577. The van der Waals surface area contributed by atoms with Gasteiger partial charge in [-0.05, 0) is 57.1 Å². The number of allylic oxidation sites excluding steroid dienone is 3. The number of carbonyl (C=O) groups excluding carboxylic acids is 1. The number of esters is 1. The molecule has 4 nitrogen and oxygen atoms in total. The van der Waals surface area contributed by atoms with Crippen LogP contribution in [0.2, 0.25) is 0 Å². The largest absolute Gasteiger partial charge is 0.463 e. The molecule has 6 heteroatoms. The zero-order valence-electron chi connectivity index (χ0n) is 19.0. The maximum atomic E-state index is 14.4. The highest BCUT2D eigenvalue weighted by atomic mass is 19.3. The second-order valence-corrected chi connectivity index (χ2v) is 8.86. The number of hydrogen-bond donors (Lipinski definition) is 2. The van der Waals surface area contributed by atoms with Crippen molar-refractivity contribution in [1.29, 1.82) is 0 Å². The zero-order valence-corrected chi connectivity index (χ0v) is 19.0. The van der Waals surface area contributed by atoms with E-state index in [0.717, 1.165) is 11.6 Å². The van der Waals surface area contributed by atoms with E-state index in [1.54, 1.807) is 0 Å². The van der Waals surface area contributed by atoms with Gasteiger partial charge in [0.05, 0.1) is 18.3 Å². The highest BCUT2D eigenvalue weighted by Gasteiger charge is 2.40. The first-order chi connectivity index (χ1) is 15.2. The number of benzene rings is 1. The van der Waals surface area contributed by atoms with Crippen molar-refractivity contribution in [1.82, 2.24) is 0 Å². The summed E-state index contributed by atoms with van der Waals surface area (Å²) in [5, 5.41) is 20.6. The summed E-state index contributed by atoms with van der Waals surface area (Å²) in [6, 6.07) is 9.16. The minimum absolute atomic E-state index is 0.121. The van der Waals surface area contributed by atoms with E-state index in [1.165, 1.54) is 6.08 Å². The fourth-order valence-electron chi connectivity index (χ4n) is 4.05. The maximum absolute atomic E-state index is 14.4. The first-order valence-corrected chi connectivity index (χ1v) is 11.5. The number of unbranched alkanes of at least 4 members (excludes halogenated alkanes) is 1. The average molecular weight is 451 g/mol. The second-order valence-electron chi connectivity index (χ2n) is 8.86. The molecule has 1 saturated carbocycles. The number of alkyl halides is 2. The standard InChI is InChI=1S/C26H36F2O4/c1-19(2)32-25(31)13-9-4-3-8-12-21-22(24(30)18-23(21)29)15-17-26(27,28)16-14-20-10-6-5-7-11-20/h3,5-8,10-11,15,17,19,21-24,29-30H,4,9,12-14,16,18H2,1-2H3/t21-,22-,23+,24-/m1/s1. The summed E-state index contributed by atoms with van der Waals surface area (Å²) >= 11 is 0. The van der Waals surface area contributed by atoms with Crippen LogP contribution < -0.4 is 0 Å². The third-order valence-corrected chi connectivity index (χ3v) is 5.76. The van der Waals surface area contributed by atoms with Crippen molar-refractivity contribution in [2.45, 2.75) is 83.0 Å². The molecule has 32 heavy (non-hydrogen) atoms. The summed E-state index contributed by atoms with van der Waals surface area (Å²) in [7, 11) is 0. The van der Waals surface area contributed by atoms with Gasteiger partial charge in [-0.2, -0.15) is 0 Å². The summed E-state index contributed by atoms with van der Waals surface area (Å²) in [5.41, 5.74) is 0.859. The number of aliphatic hydroxyl groups is 2. The van der Waals surface area contributed by atoms with Crippen molar-refractivity contribution in [2.24, 2.45) is 11.8 Å². The third kappa shape index (κ3) is 9.21. The smallest absolute Gasteiger partial charge is 0.306 e. The molecule has 0 saturated heterocycles. The van der Waals surface area contributed by atoms with Crippen molar-refractivity contribution in [3.05, 3.63) is 60.2 Å². The molecule has 4 atom stereocenters. The van der Waals surface area contributed by atoms with Crippen molar-refractivity contribution in [3.8, 4) is 0 Å². The minimum atomic E-state index is -2.98. The summed E-state index contributed by atoms with van der Waals surface area (Å²) in [6.45, 7) is 3.62. The predicted molar refractivity (Wildman–Crippen MR) is 121 cm³/mol. The Balaban J connectivity index is 1.83. The summed E-state index contributed by atoms with van der Waals surface area (Å²) in [4.78, 5) is 11.5. The van der Waals surface area contributed by atoms with Crippen molar-refractivity contribution in [2.75, 3.05) is 0 Å². The van der Waals surface area contributed by atoms with E-state index in [0.29, 0.717) is 25.7 Å². The molecule has 0 heterocycles. The lowest BCUT2D eigenvalue weighted by atomic mass is 9.89. The minimum Gasteiger partial charge on any atom is -0.463 e. The van der Waals surface area contributed by atoms with Gasteiger partial charge >= 0.3 is 5.97 Å². The second kappa shape index (κ2) is 12.9. The Morgan fingerprint density at radius 3 is 2.59 bits per heavy atom. The van der Waals surface area contributed by atoms with Crippen molar-refractivity contribution in [3.63, 3.8) is 0 Å². The Labute approximate surface area is 190 Å². The predicted octanol–water partition coefficient (Wildman–Crippen LogP) is 5.24. The normalized spacial score (nSPS) is 24.1. The lowest BCUT2D eigenvalue weighted by Gasteiger charge is -2.20. The van der Waals surface area contributed by atoms with E-state index in [2.05, 4.69) is 0 Å². The number of hydrogen-bond acceptors (Lipinski definition) is 4. The summed E-state index contributed by atoms with van der Waals surface area (Å²) in [5.74, 6) is -4.03. The molecular formula is C26H36F2O4. The molecule has 1 aromatic carbocycles. The van der Waals surface area contributed by atoms with Gasteiger partial charge in [0, 0.05) is 25.2 Å². The van der Waals surface area contributed by atoms with Crippen LogP contribution in [0.5, 0.6) is 0 Å². The molecule has 0 aliphatic heterocycles. The van der Waals surface area contributed by atoms with E-state index in [1.807, 2.05) is 56.3 Å². The molecule has 0 unspecified atom stereocenters. The monoisotopic (exact) mass is 450 g/mol. The molecule has 0 bridgehead atoms. The Hall–Kier alpha value is -2.05. The SMILES string of the molecule is CC(C)OC(=O)CCCC=CC[C@@H]1[C@@H](C=CC(F)(F)CCc2ccccc2)[C@H](O)C[C@@H]1O. The fourth-order valence-corrected chi connectivity index (χ4v) is 4.05. The van der Waals surface area contributed by atoms with E-state index >= 15 is 0 Å². The van der Waals surface area contributed by atoms with Gasteiger partial charge in [0.15, 0.2) is 0 Å². The van der Waals surface area contributed by atoms with Crippen LogP contribution in [0.4, 0.5) is 8.78 Å². The van der Waals surface area contributed by atoms with Gasteiger partial charge in [0.25, 0.3) is 5.92 Å². The Morgan fingerprint density at radius 1 is 1.19 bits per heavy atom. The van der Waals surface area contributed by atoms with Crippen LogP contribution in [-0.4, -0.2) is 40.4 Å². The lowest BCUT2D eigenvalue weighted by Crippen LogP contribution is -2.21. The number of carbonyl (C=O) groups is 1. The van der Waals surface area contributed by atoms with Gasteiger partial charge in [-0.3, -0.25) is 4.79 Å². The van der Waals surface area contributed by atoms with Crippen LogP contribution in [0.25, 0.3) is 0 Å². The van der Waals surface area contributed by atoms with Crippen LogP contribution in [0.3, 0.4) is 0 Å². The summed E-state index contributed by atoms with van der Waals surface area (Å²) in [6.07, 6.45) is 6.73. The molecule has 2 N–H and O–H groups in total. The first-order valence-electron chi connectivity index (χ1n) is 11.5. The molecule has 1 aliphatic rings. The van der Waals surface area contributed by atoms with E-state index in [9.17, 15) is 23.8 Å². The van der Waals surface area contributed by atoms with Gasteiger partial charge in [-0.15, -0.1) is 0 Å². The molecule has 0 radical (unpaired) electrons. The molecule has 1 fully saturated rings. The van der Waals surface area contributed by atoms with Gasteiger partial charge in [0.2, 0.25) is 0 Å². The molecule has 1 aliphatic carbocycles. The van der Waals surface area contributed by atoms with Gasteiger partial charge in [-0.1, -0.05) is 48.6 Å². The molecular weight excluding hydrogens is 414 g/mol. The Bertz CT molecular complexity index is 745. The maximum Gasteiger partial charge on any atom is 0.306 e. The number of halogens is 2. The summed E-state index contributed by atoms with van der Waals surface area (Å²) < 4.78 is 33.8. The average Bonchev–Trinajstić information content (AvgIpc) is 3.00. The van der Waals surface area contributed by atoms with Crippen LogP contribution in [0, 0.1) is 11.8 Å². The molecule has 178 valence electrons. The third-order valence-electron chi connectivity index (χ3n) is 5.76. The Kier molecular flexibility index (Phi) is 10.5. The number of rotatable bonds is 12. The molecule has 0 aromatic heterocycles. The number of aryl methyl sites for hydroxylation is 1. The number of aliphatic hydroxyl groups excluding tert-OH is 2. The quantitative estimate of drug-likeness (QED) is 0.260. The lowest BCUT2D eigenvalue weighted by molar-refractivity contribution is -0.147. The molecule has 1 aromatic rings. The number of ether oxygens (including phenoxy) is 1. The van der Waals surface area contributed by atoms with Gasteiger partial charge in [-0.25, -0.2) is 8.78 Å². The van der Waals surface area contributed by atoms with E-state index in [-0.39, 0.29) is 37.3 Å². The van der Waals surface area contributed by atoms with E-state index < -0.39 is 24.0 Å². The highest BCUT2D eigenvalue weighted by molar-refractivity contribution is 5.69. The van der Waals surface area contributed by atoms with Gasteiger partial charge in [0.1, 0.15) is 0 Å².